The second kappa shape index (κ2) is 8.18. The first-order valence-corrected chi connectivity index (χ1v) is 9.77. The van der Waals surface area contributed by atoms with Gasteiger partial charge in [-0.2, -0.15) is 0 Å². The molecule has 138 valence electrons. The fourth-order valence-electron chi connectivity index (χ4n) is 3.21. The van der Waals surface area contributed by atoms with Crippen molar-refractivity contribution in [3.05, 3.63) is 40.0 Å². The first kappa shape index (κ1) is 18.9. The van der Waals surface area contributed by atoms with E-state index in [0.717, 1.165) is 28.3 Å². The topological polar surface area (TPSA) is 59.5 Å². The van der Waals surface area contributed by atoms with Gasteiger partial charge in [0.25, 0.3) is 5.91 Å². The number of likely N-dealkylation sites (tertiary alicyclic amines) is 1. The monoisotopic (exact) mass is 392 g/mol. The summed E-state index contributed by atoms with van der Waals surface area (Å²) in [4.78, 5) is 31.6. The fourth-order valence-corrected chi connectivity index (χ4v) is 4.45. The third-order valence-electron chi connectivity index (χ3n) is 4.64. The first-order valence-electron chi connectivity index (χ1n) is 8.58. The van der Waals surface area contributed by atoms with E-state index in [1.807, 2.05) is 36.1 Å². The zero-order valence-electron chi connectivity index (χ0n) is 14.8. The summed E-state index contributed by atoms with van der Waals surface area (Å²) in [6.07, 6.45) is 2.01. The molecule has 0 aliphatic carbocycles. The van der Waals surface area contributed by atoms with Crippen LogP contribution in [0.2, 0.25) is 5.02 Å². The van der Waals surface area contributed by atoms with Gasteiger partial charge in [-0.1, -0.05) is 29.8 Å². The van der Waals surface area contributed by atoms with Crippen LogP contribution in [0.5, 0.6) is 0 Å². The molecule has 1 aliphatic rings. The van der Waals surface area contributed by atoms with Gasteiger partial charge in [0.2, 0.25) is 0 Å². The van der Waals surface area contributed by atoms with Gasteiger partial charge in [-0.3, -0.25) is 9.59 Å². The first-order chi connectivity index (χ1) is 12.5. The van der Waals surface area contributed by atoms with Crippen LogP contribution >= 0.6 is 22.9 Å². The number of amides is 1. The van der Waals surface area contributed by atoms with E-state index in [2.05, 4.69) is 4.98 Å². The van der Waals surface area contributed by atoms with E-state index in [4.69, 9.17) is 16.3 Å². The third kappa shape index (κ3) is 4.07. The van der Waals surface area contributed by atoms with Crippen LogP contribution in [0, 0.1) is 12.8 Å². The van der Waals surface area contributed by atoms with E-state index in [0.29, 0.717) is 30.2 Å². The van der Waals surface area contributed by atoms with Crippen molar-refractivity contribution in [1.29, 1.82) is 0 Å². The van der Waals surface area contributed by atoms with Gasteiger partial charge < -0.3 is 9.64 Å². The van der Waals surface area contributed by atoms with Crippen LogP contribution in [0.1, 0.15) is 34.8 Å². The average molecular weight is 393 g/mol. The Labute approximate surface area is 161 Å². The Balaban J connectivity index is 1.76. The standard InChI is InChI=1S/C19H21ClN2O3S/c1-12-21-17(18(26-12)14-5-3-4-6-15(14)20)19(24)22-9-7-13(8-10-22)11-16(23)25-2/h3-6,13H,7-11H2,1-2H3. The van der Waals surface area contributed by atoms with Crippen LogP contribution in [0.25, 0.3) is 10.4 Å². The van der Waals surface area contributed by atoms with Gasteiger partial charge in [-0.05, 0) is 31.7 Å². The minimum Gasteiger partial charge on any atom is -0.469 e. The number of methoxy groups -OCH3 is 1. The van der Waals surface area contributed by atoms with Crippen molar-refractivity contribution in [2.45, 2.75) is 26.2 Å². The van der Waals surface area contributed by atoms with Crippen molar-refractivity contribution >= 4 is 34.8 Å². The lowest BCUT2D eigenvalue weighted by Crippen LogP contribution is -2.39. The van der Waals surface area contributed by atoms with Crippen molar-refractivity contribution in [3.8, 4) is 10.4 Å². The molecule has 5 nitrogen and oxygen atoms in total. The van der Waals surface area contributed by atoms with Gasteiger partial charge in [0.15, 0.2) is 0 Å². The molecular weight excluding hydrogens is 372 g/mol. The van der Waals surface area contributed by atoms with E-state index >= 15 is 0 Å². The molecule has 26 heavy (non-hydrogen) atoms. The number of hydrogen-bond acceptors (Lipinski definition) is 5. The van der Waals surface area contributed by atoms with E-state index in [1.165, 1.54) is 18.4 Å². The van der Waals surface area contributed by atoms with E-state index in [9.17, 15) is 9.59 Å². The molecule has 1 aromatic carbocycles. The molecule has 1 amide bonds. The number of aromatic nitrogens is 1. The Morgan fingerprint density at radius 2 is 2.00 bits per heavy atom. The van der Waals surface area contributed by atoms with Gasteiger partial charge in [0, 0.05) is 30.1 Å². The highest BCUT2D eigenvalue weighted by Crippen LogP contribution is 2.36. The van der Waals surface area contributed by atoms with Gasteiger partial charge in [-0.25, -0.2) is 4.98 Å². The second-order valence-electron chi connectivity index (χ2n) is 6.41. The number of carbonyl (C=O) groups excluding carboxylic acids is 2. The molecule has 0 spiro atoms. The number of esters is 1. The molecule has 0 N–H and O–H groups in total. The van der Waals surface area contributed by atoms with Crippen LogP contribution in [-0.2, 0) is 9.53 Å². The van der Waals surface area contributed by atoms with Crippen molar-refractivity contribution in [2.24, 2.45) is 5.92 Å². The zero-order chi connectivity index (χ0) is 18.7. The summed E-state index contributed by atoms with van der Waals surface area (Å²) in [5, 5.41) is 1.45. The minimum absolute atomic E-state index is 0.0687. The summed E-state index contributed by atoms with van der Waals surface area (Å²) >= 11 is 7.80. The zero-order valence-corrected chi connectivity index (χ0v) is 16.4. The Bertz CT molecular complexity index is 813. The molecule has 0 unspecified atom stereocenters. The summed E-state index contributed by atoms with van der Waals surface area (Å²) in [7, 11) is 1.40. The maximum atomic E-state index is 13.0. The highest BCUT2D eigenvalue weighted by Gasteiger charge is 2.29. The molecule has 3 rings (SSSR count). The van der Waals surface area contributed by atoms with E-state index in [-0.39, 0.29) is 17.8 Å². The summed E-state index contributed by atoms with van der Waals surface area (Å²) in [5.41, 5.74) is 1.30. The molecule has 0 radical (unpaired) electrons. The lowest BCUT2D eigenvalue weighted by Gasteiger charge is -2.31. The Kier molecular flexibility index (Phi) is 5.94. The second-order valence-corrected chi connectivity index (χ2v) is 8.02. The van der Waals surface area contributed by atoms with Crippen LogP contribution in [0.15, 0.2) is 24.3 Å². The van der Waals surface area contributed by atoms with Crippen molar-refractivity contribution in [3.63, 3.8) is 0 Å². The number of carbonyl (C=O) groups is 2. The molecule has 1 fully saturated rings. The number of aryl methyl sites for hydroxylation is 1. The predicted octanol–water partition coefficient (Wildman–Crippen LogP) is 4.19. The lowest BCUT2D eigenvalue weighted by molar-refractivity contribution is -0.142. The smallest absolute Gasteiger partial charge is 0.305 e. The highest BCUT2D eigenvalue weighted by molar-refractivity contribution is 7.15. The van der Waals surface area contributed by atoms with Crippen LogP contribution in [0.3, 0.4) is 0 Å². The Hall–Kier alpha value is -1.92. The van der Waals surface area contributed by atoms with Crippen molar-refractivity contribution in [1.82, 2.24) is 9.88 Å². The van der Waals surface area contributed by atoms with Crippen LogP contribution in [-0.4, -0.2) is 42.0 Å². The summed E-state index contributed by atoms with van der Waals surface area (Å²) < 4.78 is 4.73. The molecule has 0 bridgehead atoms. The molecule has 0 atom stereocenters. The number of hydrogen-bond donors (Lipinski definition) is 0. The summed E-state index contributed by atoms with van der Waals surface area (Å²) in [6.45, 7) is 3.14. The molecule has 0 saturated carbocycles. The van der Waals surface area contributed by atoms with Crippen LogP contribution in [0.4, 0.5) is 0 Å². The lowest BCUT2D eigenvalue weighted by atomic mass is 9.93. The van der Waals surface area contributed by atoms with Gasteiger partial charge in [0.1, 0.15) is 5.69 Å². The normalized spacial score (nSPS) is 15.1. The Morgan fingerprint density at radius 3 is 2.65 bits per heavy atom. The van der Waals surface area contributed by atoms with Gasteiger partial charge in [-0.15, -0.1) is 11.3 Å². The number of ether oxygens (including phenoxy) is 1. The van der Waals surface area contributed by atoms with E-state index in [1.54, 1.807) is 0 Å². The minimum atomic E-state index is -0.189. The predicted molar refractivity (Wildman–Crippen MR) is 103 cm³/mol. The molecule has 1 saturated heterocycles. The number of nitrogens with zero attached hydrogens (tertiary/aromatic N) is 2. The Morgan fingerprint density at radius 1 is 1.31 bits per heavy atom. The number of rotatable bonds is 4. The van der Waals surface area contributed by atoms with Crippen LogP contribution < -0.4 is 0 Å². The molecule has 2 aromatic rings. The number of piperidine rings is 1. The number of benzene rings is 1. The van der Waals surface area contributed by atoms with Gasteiger partial charge in [0.05, 0.1) is 17.0 Å². The maximum absolute atomic E-state index is 13.0. The SMILES string of the molecule is COC(=O)CC1CCN(C(=O)c2nc(C)sc2-c2ccccc2Cl)CC1. The fraction of sp³-hybridized carbons (Fsp3) is 0.421. The number of thiazole rings is 1. The quantitative estimate of drug-likeness (QED) is 0.732. The van der Waals surface area contributed by atoms with E-state index < -0.39 is 0 Å². The molecule has 1 aromatic heterocycles. The molecule has 1 aliphatic heterocycles. The largest absolute Gasteiger partial charge is 0.469 e. The summed E-state index contributed by atoms with van der Waals surface area (Å²) in [5.74, 6) is 0.0124. The number of halogens is 1. The third-order valence-corrected chi connectivity index (χ3v) is 5.97. The van der Waals surface area contributed by atoms with Crippen molar-refractivity contribution in [2.75, 3.05) is 20.2 Å². The van der Waals surface area contributed by atoms with Gasteiger partial charge >= 0.3 is 5.97 Å². The average Bonchev–Trinajstić information content (AvgIpc) is 3.03. The molecule has 7 heteroatoms. The molecular formula is C19H21ClN2O3S. The maximum Gasteiger partial charge on any atom is 0.305 e. The highest BCUT2D eigenvalue weighted by atomic mass is 35.5. The summed E-state index contributed by atoms with van der Waals surface area (Å²) in [6, 6.07) is 7.50. The van der Waals surface area contributed by atoms with Crippen molar-refractivity contribution < 1.29 is 14.3 Å². The molecule has 2 heterocycles.